The molecule has 0 aliphatic rings. The molecule has 110 valence electrons. The van der Waals surface area contributed by atoms with Gasteiger partial charge in [0, 0.05) is 18.8 Å². The lowest BCUT2D eigenvalue weighted by Gasteiger charge is -2.12. The summed E-state index contributed by atoms with van der Waals surface area (Å²) in [4.78, 5) is 11.9. The first-order valence-electron chi connectivity index (χ1n) is 5.85. The van der Waals surface area contributed by atoms with Gasteiger partial charge in [-0.3, -0.25) is 20.3 Å². The normalized spacial score (nSPS) is 10.2. The molecule has 0 unspecified atom stereocenters. The molecule has 1 amide bonds. The second-order valence-corrected chi connectivity index (χ2v) is 5.11. The van der Waals surface area contributed by atoms with Crippen LogP contribution >= 0.6 is 15.9 Å². The lowest BCUT2D eigenvalue weighted by atomic mass is 10.1. The number of hydrazine groups is 1. The van der Waals surface area contributed by atoms with Crippen molar-refractivity contribution in [1.82, 2.24) is 20.6 Å². The Bertz CT molecular complexity index is 711. The number of phenols is 2. The van der Waals surface area contributed by atoms with Crippen LogP contribution in [0.4, 0.5) is 0 Å². The average Bonchev–Trinajstić information content (AvgIpc) is 2.77. The molecule has 8 heteroatoms. The molecule has 0 atom stereocenters. The minimum absolute atomic E-state index is 0.0236. The minimum Gasteiger partial charge on any atom is -0.508 e. The molecular weight excluding hydrogens is 340 g/mol. The van der Waals surface area contributed by atoms with Crippen molar-refractivity contribution in [1.29, 1.82) is 0 Å². The Morgan fingerprint density at radius 1 is 1.38 bits per heavy atom. The van der Waals surface area contributed by atoms with E-state index in [-0.39, 0.29) is 28.5 Å². The summed E-state index contributed by atoms with van der Waals surface area (Å²) in [6, 6.07) is 4.00. The van der Waals surface area contributed by atoms with E-state index in [9.17, 15) is 15.0 Å². The summed E-state index contributed by atoms with van der Waals surface area (Å²) in [5.74, 6) is -0.564. The molecule has 0 fully saturated rings. The van der Waals surface area contributed by atoms with E-state index in [1.165, 1.54) is 22.9 Å². The second kappa shape index (κ2) is 5.88. The van der Waals surface area contributed by atoms with Crippen molar-refractivity contribution < 1.29 is 15.0 Å². The fourth-order valence-corrected chi connectivity index (χ4v) is 2.19. The Labute approximate surface area is 129 Å². The third kappa shape index (κ3) is 3.34. The van der Waals surface area contributed by atoms with Crippen molar-refractivity contribution >= 4 is 27.5 Å². The van der Waals surface area contributed by atoms with Gasteiger partial charge < -0.3 is 10.2 Å². The highest BCUT2D eigenvalue weighted by Crippen LogP contribution is 2.26. The summed E-state index contributed by atoms with van der Waals surface area (Å²) in [5.41, 5.74) is 5.68. The van der Waals surface area contributed by atoms with E-state index in [0.29, 0.717) is 4.47 Å². The van der Waals surface area contributed by atoms with Crippen molar-refractivity contribution in [3.63, 3.8) is 0 Å². The number of hydrogen-bond acceptors (Lipinski definition) is 5. The van der Waals surface area contributed by atoms with E-state index in [1.54, 1.807) is 13.2 Å². The Balaban J connectivity index is 2.06. The Morgan fingerprint density at radius 3 is 2.71 bits per heavy atom. The molecule has 7 nitrogen and oxygen atoms in total. The number of rotatable bonds is 4. The lowest BCUT2D eigenvalue weighted by molar-refractivity contribution is 0.0936. The van der Waals surface area contributed by atoms with E-state index in [4.69, 9.17) is 0 Å². The largest absolute Gasteiger partial charge is 0.508 e. The van der Waals surface area contributed by atoms with Gasteiger partial charge in [0.2, 0.25) is 0 Å². The number of carbonyl (C=O) groups is 1. The SMILES string of the molecule is C=C(NNC(=O)c1nn(C)cc1Br)c1cc(O)ccc1O. The van der Waals surface area contributed by atoms with Gasteiger partial charge in [0.1, 0.15) is 11.5 Å². The fraction of sp³-hybridized carbons (Fsp3) is 0.0769. The van der Waals surface area contributed by atoms with Gasteiger partial charge in [-0.1, -0.05) is 6.58 Å². The number of nitrogens with one attached hydrogen (secondary N) is 2. The number of hydrogen-bond donors (Lipinski definition) is 4. The van der Waals surface area contributed by atoms with E-state index < -0.39 is 5.91 Å². The van der Waals surface area contributed by atoms with Gasteiger partial charge in [-0.25, -0.2) is 0 Å². The molecule has 1 heterocycles. The monoisotopic (exact) mass is 352 g/mol. The van der Waals surface area contributed by atoms with Gasteiger partial charge in [0.15, 0.2) is 5.69 Å². The summed E-state index contributed by atoms with van der Waals surface area (Å²) in [6.07, 6.45) is 1.64. The van der Waals surface area contributed by atoms with Gasteiger partial charge in [-0.05, 0) is 34.1 Å². The maximum absolute atomic E-state index is 11.9. The summed E-state index contributed by atoms with van der Waals surface area (Å²) in [5, 5.41) is 23.1. The number of nitrogens with zero attached hydrogens (tertiary/aromatic N) is 2. The number of phenolic OH excluding ortho intramolecular Hbond substituents is 2. The second-order valence-electron chi connectivity index (χ2n) is 4.26. The Hall–Kier alpha value is -2.48. The first-order valence-corrected chi connectivity index (χ1v) is 6.64. The fourth-order valence-electron chi connectivity index (χ4n) is 1.64. The highest BCUT2D eigenvalue weighted by molar-refractivity contribution is 9.10. The maximum Gasteiger partial charge on any atom is 0.291 e. The molecule has 1 aromatic heterocycles. The number of halogens is 1. The van der Waals surface area contributed by atoms with Crippen LogP contribution in [0.25, 0.3) is 5.70 Å². The molecule has 0 aliphatic heterocycles. The minimum atomic E-state index is -0.469. The summed E-state index contributed by atoms with van der Waals surface area (Å²) in [6.45, 7) is 3.69. The lowest BCUT2D eigenvalue weighted by Crippen LogP contribution is -2.36. The summed E-state index contributed by atoms with van der Waals surface area (Å²) in [7, 11) is 1.69. The van der Waals surface area contributed by atoms with Crippen molar-refractivity contribution in [3.05, 3.63) is 46.7 Å². The molecule has 0 saturated carbocycles. The molecule has 0 saturated heterocycles. The molecule has 2 rings (SSSR count). The number of amides is 1. The molecule has 1 aromatic carbocycles. The van der Waals surface area contributed by atoms with Crippen LogP contribution in [0.3, 0.4) is 0 Å². The molecule has 0 aliphatic carbocycles. The zero-order chi connectivity index (χ0) is 15.6. The summed E-state index contributed by atoms with van der Waals surface area (Å²) < 4.78 is 2.05. The number of aromatic hydroxyl groups is 2. The predicted octanol–water partition coefficient (Wildman–Crippen LogP) is 1.50. The van der Waals surface area contributed by atoms with Crippen LogP contribution < -0.4 is 10.9 Å². The van der Waals surface area contributed by atoms with E-state index in [1.807, 2.05) is 0 Å². The van der Waals surface area contributed by atoms with Crippen LogP contribution in [0.5, 0.6) is 11.5 Å². The Kier molecular flexibility index (Phi) is 4.18. The highest BCUT2D eigenvalue weighted by atomic mass is 79.9. The molecule has 0 radical (unpaired) electrons. The zero-order valence-electron chi connectivity index (χ0n) is 11.1. The van der Waals surface area contributed by atoms with Crippen LogP contribution in [-0.2, 0) is 7.05 Å². The van der Waals surface area contributed by atoms with E-state index in [0.717, 1.165) is 0 Å². The van der Waals surface area contributed by atoms with Crippen LogP contribution in [0.2, 0.25) is 0 Å². The Morgan fingerprint density at radius 2 is 2.10 bits per heavy atom. The van der Waals surface area contributed by atoms with Crippen LogP contribution in [-0.4, -0.2) is 25.9 Å². The standard InChI is InChI=1S/C13H13BrN4O3/c1-7(9-5-8(19)3-4-11(9)20)15-16-13(21)12-10(14)6-18(2)17-12/h3-6,15,19-20H,1H2,2H3,(H,16,21). The number of aromatic nitrogens is 2. The molecule has 4 N–H and O–H groups in total. The third-order valence-corrected chi connectivity index (χ3v) is 3.21. The van der Waals surface area contributed by atoms with Crippen LogP contribution in [0.15, 0.2) is 35.4 Å². The first kappa shape index (κ1) is 14.9. The molecule has 0 spiro atoms. The van der Waals surface area contributed by atoms with Crippen molar-refractivity contribution in [2.75, 3.05) is 0 Å². The van der Waals surface area contributed by atoms with Gasteiger partial charge in [-0.15, -0.1) is 0 Å². The molecule has 2 aromatic rings. The average molecular weight is 353 g/mol. The number of benzene rings is 1. The van der Waals surface area contributed by atoms with E-state index in [2.05, 4.69) is 38.5 Å². The maximum atomic E-state index is 11.9. The quantitative estimate of drug-likeness (QED) is 0.493. The van der Waals surface area contributed by atoms with Gasteiger partial charge in [0.05, 0.1) is 10.2 Å². The van der Waals surface area contributed by atoms with Crippen molar-refractivity contribution in [2.24, 2.45) is 7.05 Å². The van der Waals surface area contributed by atoms with Crippen molar-refractivity contribution in [3.8, 4) is 11.5 Å². The number of carbonyl (C=O) groups excluding carboxylic acids is 1. The van der Waals surface area contributed by atoms with Crippen LogP contribution in [0, 0.1) is 0 Å². The van der Waals surface area contributed by atoms with Crippen LogP contribution in [0.1, 0.15) is 16.1 Å². The van der Waals surface area contributed by atoms with Gasteiger partial charge in [-0.2, -0.15) is 5.10 Å². The zero-order valence-corrected chi connectivity index (χ0v) is 12.7. The highest BCUT2D eigenvalue weighted by Gasteiger charge is 2.15. The topological polar surface area (TPSA) is 99.4 Å². The van der Waals surface area contributed by atoms with Gasteiger partial charge >= 0.3 is 0 Å². The molecular formula is C13H13BrN4O3. The number of aryl methyl sites for hydroxylation is 1. The smallest absolute Gasteiger partial charge is 0.291 e. The molecule has 21 heavy (non-hydrogen) atoms. The molecule has 0 bridgehead atoms. The predicted molar refractivity (Wildman–Crippen MR) is 80.3 cm³/mol. The summed E-state index contributed by atoms with van der Waals surface area (Å²) >= 11 is 3.22. The van der Waals surface area contributed by atoms with Gasteiger partial charge in [0.25, 0.3) is 5.91 Å². The van der Waals surface area contributed by atoms with E-state index >= 15 is 0 Å². The van der Waals surface area contributed by atoms with Crippen molar-refractivity contribution in [2.45, 2.75) is 0 Å². The third-order valence-electron chi connectivity index (χ3n) is 2.63. The first-order chi connectivity index (χ1) is 9.88.